The summed E-state index contributed by atoms with van der Waals surface area (Å²) in [6, 6.07) is 16.7. The average molecular weight is 358 g/mol. The van der Waals surface area contributed by atoms with Crippen molar-refractivity contribution in [2.24, 2.45) is 0 Å². The fourth-order valence-electron chi connectivity index (χ4n) is 2.04. The van der Waals surface area contributed by atoms with Crippen LogP contribution in [0.15, 0.2) is 59.1 Å². The van der Waals surface area contributed by atoms with Crippen LogP contribution in [0.3, 0.4) is 0 Å². The molecule has 0 aliphatic carbocycles. The van der Waals surface area contributed by atoms with E-state index >= 15 is 0 Å². The van der Waals surface area contributed by atoms with Gasteiger partial charge >= 0.3 is 6.01 Å². The lowest BCUT2D eigenvalue weighted by Gasteiger charge is -2.05. The van der Waals surface area contributed by atoms with Crippen LogP contribution in [0, 0.1) is 0 Å². The summed E-state index contributed by atoms with van der Waals surface area (Å²) in [5.41, 5.74) is 1.31. The first-order valence-corrected chi connectivity index (χ1v) is 7.35. The van der Waals surface area contributed by atoms with E-state index in [0.29, 0.717) is 11.4 Å². The third-order valence-electron chi connectivity index (χ3n) is 3.07. The van der Waals surface area contributed by atoms with Crippen LogP contribution in [-0.4, -0.2) is 27.8 Å². The maximum Gasteiger partial charge on any atom is 0.336 e. The van der Waals surface area contributed by atoms with Crippen LogP contribution in [0.5, 0.6) is 6.01 Å². The Morgan fingerprint density at radius 2 is 1.91 bits per heavy atom. The SMILES string of the molecule is COc1nc(-c2ccccc2)n(C(=O)c2cccc(Br)c2)n1. The van der Waals surface area contributed by atoms with Crippen LogP contribution in [-0.2, 0) is 0 Å². The summed E-state index contributed by atoms with van der Waals surface area (Å²) in [6.07, 6.45) is 0. The lowest BCUT2D eigenvalue weighted by atomic mass is 10.2. The highest BCUT2D eigenvalue weighted by atomic mass is 79.9. The van der Waals surface area contributed by atoms with Gasteiger partial charge in [0, 0.05) is 15.6 Å². The van der Waals surface area contributed by atoms with Crippen molar-refractivity contribution in [3.8, 4) is 17.4 Å². The average Bonchev–Trinajstić information content (AvgIpc) is 2.99. The highest BCUT2D eigenvalue weighted by Crippen LogP contribution is 2.21. The van der Waals surface area contributed by atoms with E-state index in [4.69, 9.17) is 4.74 Å². The Morgan fingerprint density at radius 1 is 1.14 bits per heavy atom. The van der Waals surface area contributed by atoms with Gasteiger partial charge in [-0.25, -0.2) is 0 Å². The third kappa shape index (κ3) is 2.78. The van der Waals surface area contributed by atoms with Crippen molar-refractivity contribution in [3.05, 3.63) is 64.6 Å². The van der Waals surface area contributed by atoms with E-state index in [1.54, 1.807) is 18.2 Å². The van der Waals surface area contributed by atoms with Gasteiger partial charge in [0.15, 0.2) is 5.82 Å². The molecule has 0 aliphatic rings. The molecular weight excluding hydrogens is 346 g/mol. The van der Waals surface area contributed by atoms with Crippen molar-refractivity contribution in [1.29, 1.82) is 0 Å². The number of ether oxygens (including phenoxy) is 1. The predicted molar refractivity (Wildman–Crippen MR) is 85.9 cm³/mol. The van der Waals surface area contributed by atoms with E-state index in [1.807, 2.05) is 36.4 Å². The molecule has 0 unspecified atom stereocenters. The maximum atomic E-state index is 12.7. The van der Waals surface area contributed by atoms with Crippen molar-refractivity contribution in [3.63, 3.8) is 0 Å². The van der Waals surface area contributed by atoms with Crippen molar-refractivity contribution in [1.82, 2.24) is 14.8 Å². The number of carbonyl (C=O) groups is 1. The van der Waals surface area contributed by atoms with E-state index in [1.165, 1.54) is 11.8 Å². The van der Waals surface area contributed by atoms with Crippen molar-refractivity contribution < 1.29 is 9.53 Å². The fraction of sp³-hybridized carbons (Fsp3) is 0.0625. The van der Waals surface area contributed by atoms with Gasteiger partial charge in [-0.1, -0.05) is 52.3 Å². The fourth-order valence-corrected chi connectivity index (χ4v) is 2.44. The van der Waals surface area contributed by atoms with Crippen LogP contribution in [0.4, 0.5) is 0 Å². The van der Waals surface area contributed by atoms with Crippen LogP contribution in [0.1, 0.15) is 10.4 Å². The minimum Gasteiger partial charge on any atom is -0.466 e. The molecular formula is C16H12BrN3O2. The summed E-state index contributed by atoms with van der Waals surface area (Å²) in [6.45, 7) is 0. The molecule has 0 saturated carbocycles. The molecule has 0 amide bonds. The molecule has 0 spiro atoms. The Labute approximate surface area is 135 Å². The number of methoxy groups -OCH3 is 1. The molecule has 0 atom stereocenters. The lowest BCUT2D eigenvalue weighted by Crippen LogP contribution is -2.15. The minimum atomic E-state index is -0.268. The van der Waals surface area contributed by atoms with Gasteiger partial charge in [-0.3, -0.25) is 4.79 Å². The topological polar surface area (TPSA) is 57.0 Å². The molecule has 0 saturated heterocycles. The molecule has 3 rings (SSSR count). The van der Waals surface area contributed by atoms with E-state index < -0.39 is 0 Å². The Balaban J connectivity index is 2.10. The summed E-state index contributed by atoms with van der Waals surface area (Å²) >= 11 is 3.36. The number of carbonyl (C=O) groups excluding carboxylic acids is 1. The number of halogens is 1. The van der Waals surface area contributed by atoms with Crippen LogP contribution in [0.2, 0.25) is 0 Å². The monoisotopic (exact) mass is 357 g/mol. The van der Waals surface area contributed by atoms with E-state index in [0.717, 1.165) is 10.0 Å². The molecule has 1 aromatic heterocycles. The molecule has 1 heterocycles. The Morgan fingerprint density at radius 3 is 2.59 bits per heavy atom. The molecule has 0 fully saturated rings. The van der Waals surface area contributed by atoms with Gasteiger partial charge in [0.25, 0.3) is 5.91 Å². The van der Waals surface area contributed by atoms with Crippen molar-refractivity contribution in [2.45, 2.75) is 0 Å². The summed E-state index contributed by atoms with van der Waals surface area (Å²) in [5, 5.41) is 4.13. The molecule has 22 heavy (non-hydrogen) atoms. The van der Waals surface area contributed by atoms with Gasteiger partial charge in [0.05, 0.1) is 7.11 Å². The summed E-state index contributed by atoms with van der Waals surface area (Å²) < 4.78 is 7.15. The van der Waals surface area contributed by atoms with E-state index in [9.17, 15) is 4.79 Å². The standard InChI is InChI=1S/C16H12BrN3O2/c1-22-16-18-14(11-6-3-2-4-7-11)20(19-16)15(21)12-8-5-9-13(17)10-12/h2-10H,1H3. The lowest BCUT2D eigenvalue weighted by molar-refractivity contribution is 0.0945. The van der Waals surface area contributed by atoms with Gasteiger partial charge < -0.3 is 4.74 Å². The number of nitrogens with zero attached hydrogens (tertiary/aromatic N) is 3. The first-order chi connectivity index (χ1) is 10.7. The molecule has 0 N–H and O–H groups in total. The maximum absolute atomic E-state index is 12.7. The second-order valence-corrected chi connectivity index (χ2v) is 5.43. The predicted octanol–water partition coefficient (Wildman–Crippen LogP) is 3.40. The minimum absolute atomic E-state index is 0.155. The van der Waals surface area contributed by atoms with Crippen molar-refractivity contribution >= 4 is 21.8 Å². The van der Waals surface area contributed by atoms with Gasteiger partial charge in [0.2, 0.25) is 0 Å². The summed E-state index contributed by atoms with van der Waals surface area (Å²) in [7, 11) is 1.47. The number of hydrogen-bond donors (Lipinski definition) is 0. The second kappa shape index (κ2) is 6.11. The zero-order valence-corrected chi connectivity index (χ0v) is 13.3. The normalized spacial score (nSPS) is 10.5. The molecule has 2 aromatic carbocycles. The zero-order valence-electron chi connectivity index (χ0n) is 11.7. The number of hydrogen-bond acceptors (Lipinski definition) is 4. The highest BCUT2D eigenvalue weighted by Gasteiger charge is 2.19. The quantitative estimate of drug-likeness (QED) is 0.720. The highest BCUT2D eigenvalue weighted by molar-refractivity contribution is 9.10. The number of benzene rings is 2. The molecule has 5 nitrogen and oxygen atoms in total. The van der Waals surface area contributed by atoms with Crippen molar-refractivity contribution in [2.75, 3.05) is 7.11 Å². The molecule has 0 radical (unpaired) electrons. The summed E-state index contributed by atoms with van der Waals surface area (Å²) in [5.74, 6) is 0.179. The molecule has 3 aromatic rings. The number of aromatic nitrogens is 3. The molecule has 110 valence electrons. The van der Waals surface area contributed by atoms with E-state index in [2.05, 4.69) is 26.0 Å². The third-order valence-corrected chi connectivity index (χ3v) is 3.56. The Bertz CT molecular complexity index is 815. The summed E-state index contributed by atoms with van der Waals surface area (Å²) in [4.78, 5) is 17.0. The Kier molecular flexibility index (Phi) is 4.02. The van der Waals surface area contributed by atoms with Crippen LogP contribution >= 0.6 is 15.9 Å². The van der Waals surface area contributed by atoms with Gasteiger partial charge in [-0.2, -0.15) is 9.67 Å². The largest absolute Gasteiger partial charge is 0.466 e. The van der Waals surface area contributed by atoms with Gasteiger partial charge in [-0.15, -0.1) is 5.10 Å². The van der Waals surface area contributed by atoms with E-state index in [-0.39, 0.29) is 11.9 Å². The smallest absolute Gasteiger partial charge is 0.336 e. The number of rotatable bonds is 3. The van der Waals surface area contributed by atoms with Gasteiger partial charge in [-0.05, 0) is 18.2 Å². The first-order valence-electron chi connectivity index (χ1n) is 6.56. The molecule has 0 aliphatic heterocycles. The van der Waals surface area contributed by atoms with Gasteiger partial charge in [0.1, 0.15) is 0 Å². The molecule has 6 heteroatoms. The zero-order chi connectivity index (χ0) is 15.5. The Hall–Kier alpha value is -2.47. The molecule has 0 bridgehead atoms. The van der Waals surface area contributed by atoms with Crippen LogP contribution < -0.4 is 4.74 Å². The second-order valence-electron chi connectivity index (χ2n) is 4.52. The first kappa shape index (κ1) is 14.5. The van der Waals surface area contributed by atoms with Crippen LogP contribution in [0.25, 0.3) is 11.4 Å².